The van der Waals surface area contributed by atoms with Crippen molar-refractivity contribution in [1.29, 1.82) is 0 Å². The van der Waals surface area contributed by atoms with E-state index in [1.807, 2.05) is 4.90 Å². The van der Waals surface area contributed by atoms with Crippen LogP contribution in [0.25, 0.3) is 5.69 Å². The van der Waals surface area contributed by atoms with Crippen molar-refractivity contribution in [2.75, 3.05) is 23.7 Å². The van der Waals surface area contributed by atoms with Gasteiger partial charge in [-0.15, -0.1) is 5.10 Å². The highest BCUT2D eigenvalue weighted by molar-refractivity contribution is 5.44. The first-order chi connectivity index (χ1) is 9.56. The van der Waals surface area contributed by atoms with Crippen molar-refractivity contribution in [3.8, 4) is 5.69 Å². The van der Waals surface area contributed by atoms with Gasteiger partial charge in [-0.1, -0.05) is 0 Å². The molecule has 0 amide bonds. The average molecular weight is 283 g/mol. The summed E-state index contributed by atoms with van der Waals surface area (Å²) in [7, 11) is 0. The summed E-state index contributed by atoms with van der Waals surface area (Å²) in [6, 6.07) is 1.66. The number of rotatable bonds is 2. The number of anilines is 2. The molecule has 0 bridgehead atoms. The molecule has 2 N–H and O–H groups in total. The lowest BCUT2D eigenvalue weighted by Crippen LogP contribution is -2.19. The second-order valence-corrected chi connectivity index (χ2v) is 4.60. The summed E-state index contributed by atoms with van der Waals surface area (Å²) in [5.74, 6) is -3.70. The Morgan fingerprint density at radius 3 is 2.25 bits per heavy atom. The van der Waals surface area contributed by atoms with Gasteiger partial charge in [0.1, 0.15) is 0 Å². The van der Waals surface area contributed by atoms with Crippen LogP contribution in [0.5, 0.6) is 0 Å². The summed E-state index contributed by atoms with van der Waals surface area (Å²) in [5, 5.41) is 4.12. The van der Waals surface area contributed by atoms with E-state index in [-0.39, 0.29) is 11.6 Å². The lowest BCUT2D eigenvalue weighted by atomic mass is 10.3. The number of nitrogens with zero attached hydrogens (tertiary/aromatic N) is 4. The normalized spacial score (nSPS) is 15.1. The highest BCUT2D eigenvalue weighted by atomic mass is 19.2. The van der Waals surface area contributed by atoms with E-state index in [1.165, 1.54) is 0 Å². The zero-order chi connectivity index (χ0) is 14.3. The van der Waals surface area contributed by atoms with Gasteiger partial charge in [0, 0.05) is 25.2 Å². The molecule has 20 heavy (non-hydrogen) atoms. The largest absolute Gasteiger partial charge is 0.368 e. The van der Waals surface area contributed by atoms with Gasteiger partial charge in [0.2, 0.25) is 11.9 Å². The molecule has 0 radical (unpaired) electrons. The third kappa shape index (κ3) is 2.06. The first-order valence-electron chi connectivity index (χ1n) is 6.18. The Morgan fingerprint density at radius 1 is 1.05 bits per heavy atom. The third-order valence-electron chi connectivity index (χ3n) is 3.22. The first kappa shape index (κ1) is 12.8. The van der Waals surface area contributed by atoms with E-state index in [9.17, 15) is 13.2 Å². The Kier molecular flexibility index (Phi) is 3.00. The van der Waals surface area contributed by atoms with Crippen LogP contribution in [0.15, 0.2) is 12.1 Å². The van der Waals surface area contributed by atoms with Crippen LogP contribution in [-0.2, 0) is 0 Å². The minimum Gasteiger partial charge on any atom is -0.368 e. The fourth-order valence-corrected chi connectivity index (χ4v) is 2.22. The van der Waals surface area contributed by atoms with Crippen molar-refractivity contribution >= 4 is 11.9 Å². The number of halogens is 3. The third-order valence-corrected chi connectivity index (χ3v) is 3.22. The van der Waals surface area contributed by atoms with Gasteiger partial charge < -0.3 is 10.6 Å². The molecule has 2 heterocycles. The minimum atomic E-state index is -1.52. The average Bonchev–Trinajstić information content (AvgIpc) is 3.04. The number of benzene rings is 1. The maximum absolute atomic E-state index is 13.2. The Morgan fingerprint density at radius 2 is 1.65 bits per heavy atom. The number of hydrogen-bond acceptors (Lipinski definition) is 4. The molecule has 8 heteroatoms. The van der Waals surface area contributed by atoms with Crippen molar-refractivity contribution in [3.63, 3.8) is 0 Å². The van der Waals surface area contributed by atoms with Crippen LogP contribution in [0, 0.1) is 17.5 Å². The molecule has 0 saturated carbocycles. The molecular weight excluding hydrogens is 271 g/mol. The van der Waals surface area contributed by atoms with Crippen LogP contribution in [0.4, 0.5) is 25.1 Å². The summed E-state index contributed by atoms with van der Waals surface area (Å²) >= 11 is 0. The van der Waals surface area contributed by atoms with E-state index in [2.05, 4.69) is 10.1 Å². The standard InChI is InChI=1S/C12H12F3N5/c13-8-5-7(6-9(14)10(8)15)20-11(16)17-12(18-20)19-3-1-2-4-19/h5-6H,1-4H2,(H2,16,17,18). The number of aromatic nitrogens is 3. The van der Waals surface area contributed by atoms with Gasteiger partial charge in [-0.05, 0) is 12.8 Å². The van der Waals surface area contributed by atoms with Gasteiger partial charge in [0.15, 0.2) is 17.5 Å². The molecule has 0 spiro atoms. The molecule has 0 atom stereocenters. The fraction of sp³-hybridized carbons (Fsp3) is 0.333. The van der Waals surface area contributed by atoms with E-state index in [0.29, 0.717) is 5.95 Å². The fourth-order valence-electron chi connectivity index (χ4n) is 2.22. The molecule has 1 aliphatic rings. The topological polar surface area (TPSA) is 60.0 Å². The zero-order valence-electron chi connectivity index (χ0n) is 10.5. The molecule has 2 aromatic rings. The molecule has 1 aromatic heterocycles. The number of hydrogen-bond donors (Lipinski definition) is 1. The predicted molar refractivity (Wildman–Crippen MR) is 67.1 cm³/mol. The smallest absolute Gasteiger partial charge is 0.246 e. The van der Waals surface area contributed by atoms with Gasteiger partial charge in [-0.3, -0.25) is 0 Å². The predicted octanol–water partition coefficient (Wildman–Crippen LogP) is 1.87. The molecule has 0 unspecified atom stereocenters. The van der Waals surface area contributed by atoms with Crippen LogP contribution in [0.2, 0.25) is 0 Å². The quantitative estimate of drug-likeness (QED) is 0.855. The van der Waals surface area contributed by atoms with E-state index in [0.717, 1.165) is 42.7 Å². The highest BCUT2D eigenvalue weighted by Crippen LogP contribution is 2.22. The Bertz CT molecular complexity index is 626. The Balaban J connectivity index is 2.01. The van der Waals surface area contributed by atoms with E-state index in [4.69, 9.17) is 5.73 Å². The minimum absolute atomic E-state index is 0.00249. The molecule has 3 rings (SSSR count). The molecule has 1 aromatic carbocycles. The van der Waals surface area contributed by atoms with Crippen molar-refractivity contribution in [3.05, 3.63) is 29.6 Å². The van der Waals surface area contributed by atoms with Crippen LogP contribution < -0.4 is 10.6 Å². The van der Waals surface area contributed by atoms with Gasteiger partial charge in [0.05, 0.1) is 5.69 Å². The lowest BCUT2D eigenvalue weighted by Gasteiger charge is -2.10. The van der Waals surface area contributed by atoms with E-state index >= 15 is 0 Å². The van der Waals surface area contributed by atoms with E-state index in [1.54, 1.807) is 0 Å². The summed E-state index contributed by atoms with van der Waals surface area (Å²) in [6.07, 6.45) is 2.07. The second-order valence-electron chi connectivity index (χ2n) is 4.60. The van der Waals surface area contributed by atoms with Crippen molar-refractivity contribution < 1.29 is 13.2 Å². The molecule has 1 fully saturated rings. The van der Waals surface area contributed by atoms with Gasteiger partial charge in [0.25, 0.3) is 0 Å². The number of nitrogen functional groups attached to an aromatic ring is 1. The molecule has 5 nitrogen and oxygen atoms in total. The van der Waals surface area contributed by atoms with Crippen LogP contribution in [-0.4, -0.2) is 27.9 Å². The van der Waals surface area contributed by atoms with Crippen molar-refractivity contribution in [2.45, 2.75) is 12.8 Å². The monoisotopic (exact) mass is 283 g/mol. The van der Waals surface area contributed by atoms with E-state index < -0.39 is 17.5 Å². The zero-order valence-corrected chi connectivity index (χ0v) is 10.5. The molecule has 1 saturated heterocycles. The molecular formula is C12H12F3N5. The van der Waals surface area contributed by atoms with Crippen LogP contribution in [0.1, 0.15) is 12.8 Å². The lowest BCUT2D eigenvalue weighted by molar-refractivity contribution is 0.446. The van der Waals surface area contributed by atoms with Gasteiger partial charge in [-0.2, -0.15) is 9.67 Å². The first-order valence-corrected chi connectivity index (χ1v) is 6.18. The molecule has 0 aliphatic carbocycles. The highest BCUT2D eigenvalue weighted by Gasteiger charge is 2.20. The Labute approximate surface area is 112 Å². The number of nitrogens with two attached hydrogens (primary N) is 1. The summed E-state index contributed by atoms with van der Waals surface area (Å²) in [6.45, 7) is 1.63. The Hall–Kier alpha value is -2.25. The maximum atomic E-state index is 13.2. The van der Waals surface area contributed by atoms with Crippen LogP contribution >= 0.6 is 0 Å². The van der Waals surface area contributed by atoms with Crippen molar-refractivity contribution in [1.82, 2.24) is 14.8 Å². The second kappa shape index (κ2) is 4.69. The van der Waals surface area contributed by atoms with Crippen molar-refractivity contribution in [2.24, 2.45) is 0 Å². The van der Waals surface area contributed by atoms with Crippen LogP contribution in [0.3, 0.4) is 0 Å². The van der Waals surface area contributed by atoms with Gasteiger partial charge in [-0.25, -0.2) is 13.2 Å². The molecule has 1 aliphatic heterocycles. The summed E-state index contributed by atoms with van der Waals surface area (Å²) in [5.41, 5.74) is 5.70. The SMILES string of the molecule is Nc1nc(N2CCCC2)nn1-c1cc(F)c(F)c(F)c1. The summed E-state index contributed by atoms with van der Waals surface area (Å²) in [4.78, 5) is 6.00. The summed E-state index contributed by atoms with van der Waals surface area (Å²) < 4.78 is 40.5. The van der Waals surface area contributed by atoms with Gasteiger partial charge >= 0.3 is 0 Å². The maximum Gasteiger partial charge on any atom is 0.246 e. The molecule has 106 valence electrons.